The van der Waals surface area contributed by atoms with Crippen molar-refractivity contribution in [1.29, 1.82) is 0 Å². The van der Waals surface area contributed by atoms with Crippen molar-refractivity contribution in [1.82, 2.24) is 13.7 Å². The van der Waals surface area contributed by atoms with Crippen LogP contribution in [0.3, 0.4) is 0 Å². The Morgan fingerprint density at radius 1 is 0.475 bits per heavy atom. The lowest BCUT2D eigenvalue weighted by molar-refractivity contribution is 0.893. The number of fused-ring (bicyclic) bond motifs is 7. The van der Waals surface area contributed by atoms with Gasteiger partial charge in [-0.1, -0.05) is 97.1 Å². The summed E-state index contributed by atoms with van der Waals surface area (Å²) in [4.78, 5) is 0. The van der Waals surface area contributed by atoms with Gasteiger partial charge in [0.1, 0.15) is 0 Å². The van der Waals surface area contributed by atoms with Crippen molar-refractivity contribution in [3.8, 4) is 17.1 Å². The fraction of sp³-hybridized carbons (Fsp3) is 0.103. The second kappa shape index (κ2) is 11.7. The largest absolute Gasteiger partial charge is 0.313 e. The van der Waals surface area contributed by atoms with E-state index in [-0.39, 0.29) is 0 Å². The summed E-state index contributed by atoms with van der Waals surface area (Å²) >= 11 is 0. The van der Waals surface area contributed by atoms with Crippen LogP contribution in [0.4, 0.5) is 0 Å². The molecule has 0 bridgehead atoms. The smallest absolute Gasteiger partial charge is 0.0613 e. The number of hydrogen-bond donors (Lipinski definition) is 0. The van der Waals surface area contributed by atoms with Crippen LogP contribution in [0.5, 0.6) is 0 Å². The van der Waals surface area contributed by atoms with Crippen LogP contribution in [-0.4, -0.2) is 13.7 Å². The molecule has 0 saturated carbocycles. The van der Waals surface area contributed by atoms with Gasteiger partial charge < -0.3 is 13.7 Å². The van der Waals surface area contributed by atoms with Crippen molar-refractivity contribution < 1.29 is 0 Å². The second-order valence-electron chi connectivity index (χ2n) is 17.8. The maximum atomic E-state index is 2.55. The van der Waals surface area contributed by atoms with Gasteiger partial charge in [0.25, 0.3) is 0 Å². The molecule has 3 aliphatic rings. The van der Waals surface area contributed by atoms with Crippen molar-refractivity contribution in [3.05, 3.63) is 202 Å². The third-order valence-electron chi connectivity index (χ3n) is 14.9. The second-order valence-corrected chi connectivity index (χ2v) is 17.8. The number of aryl methyl sites for hydroxylation is 2. The Morgan fingerprint density at radius 2 is 1.15 bits per heavy atom. The Bertz CT molecular complexity index is 3910. The summed E-state index contributed by atoms with van der Waals surface area (Å²) in [6.45, 7) is 9.20. The normalized spacial score (nSPS) is 15.7. The van der Waals surface area contributed by atoms with E-state index >= 15 is 0 Å². The molecule has 0 saturated heterocycles. The number of hydrogen-bond acceptors (Lipinski definition) is 0. The third kappa shape index (κ3) is 4.23. The molecule has 3 heteroatoms. The first-order chi connectivity index (χ1) is 29.9. The highest BCUT2D eigenvalue weighted by Crippen LogP contribution is 2.50. The Balaban J connectivity index is 1.05. The maximum absolute atomic E-state index is 2.55. The summed E-state index contributed by atoms with van der Waals surface area (Å²) in [5, 5.41) is 13.1. The Kier molecular flexibility index (Phi) is 6.41. The van der Waals surface area contributed by atoms with E-state index in [0.29, 0.717) is 5.92 Å². The van der Waals surface area contributed by atoms with Gasteiger partial charge in [0.2, 0.25) is 0 Å². The zero-order valence-corrected chi connectivity index (χ0v) is 34.6. The van der Waals surface area contributed by atoms with Crippen LogP contribution < -0.4 is 0 Å². The monoisotopic (exact) mass is 779 g/mol. The zero-order chi connectivity index (χ0) is 40.4. The highest BCUT2D eigenvalue weighted by atomic mass is 15.0. The van der Waals surface area contributed by atoms with Gasteiger partial charge in [0, 0.05) is 66.9 Å². The van der Waals surface area contributed by atoms with Crippen LogP contribution in [0, 0.1) is 27.7 Å². The molecule has 1 unspecified atom stereocenters. The molecule has 3 nitrogen and oxygen atoms in total. The molecular weight excluding hydrogens is 739 g/mol. The predicted octanol–water partition coefficient (Wildman–Crippen LogP) is 14.9. The van der Waals surface area contributed by atoms with Gasteiger partial charge in [-0.05, 0) is 155 Å². The van der Waals surface area contributed by atoms with Gasteiger partial charge in [0.05, 0.1) is 22.1 Å². The average molecular weight is 780 g/mol. The molecule has 1 atom stereocenters. The molecule has 61 heavy (non-hydrogen) atoms. The number of rotatable bonds is 3. The van der Waals surface area contributed by atoms with Gasteiger partial charge in [0.15, 0.2) is 0 Å². The molecule has 0 spiro atoms. The van der Waals surface area contributed by atoms with Crippen LogP contribution in [0.15, 0.2) is 163 Å². The number of allylic oxidation sites excluding steroid dienone is 7. The van der Waals surface area contributed by atoms with Crippen molar-refractivity contribution in [2.75, 3.05) is 0 Å². The minimum Gasteiger partial charge on any atom is -0.313 e. The van der Waals surface area contributed by atoms with Crippen molar-refractivity contribution in [2.45, 2.75) is 40.0 Å². The number of benzene rings is 8. The van der Waals surface area contributed by atoms with E-state index < -0.39 is 0 Å². The molecule has 0 fully saturated rings. The van der Waals surface area contributed by atoms with E-state index in [4.69, 9.17) is 0 Å². The summed E-state index contributed by atoms with van der Waals surface area (Å²) in [7, 11) is 0. The van der Waals surface area contributed by atoms with Crippen molar-refractivity contribution >= 4 is 82.0 Å². The Morgan fingerprint density at radius 3 is 1.89 bits per heavy atom. The number of aromatic nitrogens is 3. The van der Waals surface area contributed by atoms with E-state index in [1.165, 1.54) is 143 Å². The topological polar surface area (TPSA) is 14.8 Å². The lowest BCUT2D eigenvalue weighted by atomic mass is 9.70. The van der Waals surface area contributed by atoms with Crippen LogP contribution in [0.1, 0.15) is 45.1 Å². The molecule has 0 N–H and O–H groups in total. The van der Waals surface area contributed by atoms with Gasteiger partial charge in [-0.2, -0.15) is 0 Å². The van der Waals surface area contributed by atoms with Crippen molar-refractivity contribution in [2.24, 2.45) is 0 Å². The lowest BCUT2D eigenvalue weighted by Gasteiger charge is -2.33. The Labute approximate surface area is 353 Å². The molecule has 3 heterocycles. The zero-order valence-electron chi connectivity index (χ0n) is 34.6. The molecule has 11 aromatic rings. The standard InChI is InChI=1S/C58H41N3/c1-32-34(3)59(57-45-24-20-38-12-8-10-36-16-18-40(28-47(32)57)55(45)53(36)38)43-22-26-51-49(30-43)50-31-44(23-27-52(50)61(51)42-14-6-5-7-15-42)60-35(4)33(2)48-29-41-19-17-37-11-9-13-39-21-25-46(58(48)60)56(41)54(37)39/h5-18,20-31,54H,19H2,1-4H3. The van der Waals surface area contributed by atoms with Gasteiger partial charge in [-0.15, -0.1) is 0 Å². The van der Waals surface area contributed by atoms with Gasteiger partial charge in [-0.25, -0.2) is 0 Å². The molecule has 8 aromatic carbocycles. The number of para-hydroxylation sites is 1. The summed E-state index contributed by atoms with van der Waals surface area (Å²) in [5.74, 6) is 0.313. The minimum atomic E-state index is 0.313. The van der Waals surface area contributed by atoms with E-state index in [1.54, 1.807) is 0 Å². The third-order valence-corrected chi connectivity index (χ3v) is 14.9. The SMILES string of the molecule is Cc1c(C)n(-c2ccc3c(c2)c2cc(-n4c(C)c(C)c5cc6ccc7cccc8ccc(c6c78)c54)ccc2n3-c2ccccc2)c2c3c4c(cc12)CC=C1C=CC=C(C=C3)C14. The summed E-state index contributed by atoms with van der Waals surface area (Å²) in [6, 6.07) is 46.1. The van der Waals surface area contributed by atoms with E-state index in [2.05, 4.69) is 199 Å². The fourth-order valence-electron chi connectivity index (χ4n) is 11.9. The lowest BCUT2D eigenvalue weighted by Crippen LogP contribution is -2.18. The fourth-order valence-corrected chi connectivity index (χ4v) is 11.9. The molecule has 0 radical (unpaired) electrons. The predicted molar refractivity (Wildman–Crippen MR) is 258 cm³/mol. The van der Waals surface area contributed by atoms with Crippen LogP contribution >= 0.6 is 0 Å². The van der Waals surface area contributed by atoms with Gasteiger partial charge >= 0.3 is 0 Å². The first kappa shape index (κ1) is 33.5. The van der Waals surface area contributed by atoms with Crippen molar-refractivity contribution in [3.63, 3.8) is 0 Å². The summed E-state index contributed by atoms with van der Waals surface area (Å²) in [5.41, 5.74) is 21.0. The quantitative estimate of drug-likeness (QED) is 0.159. The molecule has 0 amide bonds. The summed E-state index contributed by atoms with van der Waals surface area (Å²) < 4.78 is 7.54. The average Bonchev–Trinajstić information content (AvgIpc) is 3.86. The molecule has 3 aliphatic carbocycles. The van der Waals surface area contributed by atoms with E-state index in [0.717, 1.165) is 6.42 Å². The van der Waals surface area contributed by atoms with Crippen LogP contribution in [-0.2, 0) is 6.42 Å². The van der Waals surface area contributed by atoms with Crippen LogP contribution in [0.2, 0.25) is 0 Å². The minimum absolute atomic E-state index is 0.313. The first-order valence-corrected chi connectivity index (χ1v) is 21.7. The van der Waals surface area contributed by atoms with Crippen LogP contribution in [0.25, 0.3) is 99.1 Å². The maximum Gasteiger partial charge on any atom is 0.0613 e. The molecule has 14 rings (SSSR count). The molecule has 0 aliphatic heterocycles. The summed E-state index contributed by atoms with van der Waals surface area (Å²) in [6.07, 6.45) is 15.0. The Hall–Kier alpha value is -7.36. The van der Waals surface area contributed by atoms with E-state index in [1.807, 2.05) is 0 Å². The highest BCUT2D eigenvalue weighted by Gasteiger charge is 2.33. The first-order valence-electron chi connectivity index (χ1n) is 21.7. The van der Waals surface area contributed by atoms with Gasteiger partial charge in [-0.3, -0.25) is 0 Å². The molecule has 3 aromatic heterocycles. The van der Waals surface area contributed by atoms with E-state index in [9.17, 15) is 0 Å². The molecular formula is C58H41N3. The number of nitrogens with zero attached hydrogens (tertiary/aromatic N) is 3. The molecule has 288 valence electrons. The highest BCUT2D eigenvalue weighted by molar-refractivity contribution is 6.29.